The summed E-state index contributed by atoms with van der Waals surface area (Å²) in [6, 6.07) is 7.63. The summed E-state index contributed by atoms with van der Waals surface area (Å²) in [5, 5.41) is 2.59. The minimum Gasteiger partial charge on any atom is -0.454 e. The fourth-order valence-corrected chi connectivity index (χ4v) is 2.02. The average Bonchev–Trinajstić information content (AvgIpc) is 2.70. The molecule has 6 heteroatoms. The second-order valence-electron chi connectivity index (χ2n) is 4.37. The van der Waals surface area contributed by atoms with Gasteiger partial charge in [0.15, 0.2) is 11.6 Å². The van der Waals surface area contributed by atoms with Crippen molar-refractivity contribution in [3.05, 3.63) is 53.6 Å². The summed E-state index contributed by atoms with van der Waals surface area (Å²) in [6.45, 7) is 0. The number of carbonyl (C=O) groups excluding carboxylic acids is 1. The molecule has 2 aromatic carbocycles. The number of amides is 1. The Morgan fingerprint density at radius 1 is 1.20 bits per heavy atom. The maximum absolute atomic E-state index is 13.5. The fraction of sp³-hybridized carbons (Fsp3) is 0.0714. The number of halogens is 2. The highest BCUT2D eigenvalue weighted by Gasteiger charge is 2.27. The highest BCUT2D eigenvalue weighted by atomic mass is 19.2. The number of nitrogens with two attached hydrogens (primary N) is 1. The third-order valence-corrected chi connectivity index (χ3v) is 3.04. The van der Waals surface area contributed by atoms with E-state index in [9.17, 15) is 13.6 Å². The molecule has 1 aliphatic heterocycles. The lowest BCUT2D eigenvalue weighted by Gasteiger charge is -2.09. The first-order valence-electron chi connectivity index (χ1n) is 5.88. The maximum Gasteiger partial charge on any atom is 0.245 e. The van der Waals surface area contributed by atoms with Crippen LogP contribution >= 0.6 is 0 Å². The van der Waals surface area contributed by atoms with E-state index in [2.05, 4.69) is 5.32 Å². The zero-order chi connectivity index (χ0) is 14.3. The van der Waals surface area contributed by atoms with Gasteiger partial charge in [-0.15, -0.1) is 0 Å². The fourth-order valence-electron chi connectivity index (χ4n) is 2.02. The van der Waals surface area contributed by atoms with Gasteiger partial charge in [0.25, 0.3) is 0 Å². The van der Waals surface area contributed by atoms with Crippen molar-refractivity contribution in [2.75, 3.05) is 5.32 Å². The van der Waals surface area contributed by atoms with Crippen molar-refractivity contribution in [1.29, 1.82) is 0 Å². The van der Waals surface area contributed by atoms with Crippen LogP contribution in [-0.2, 0) is 4.79 Å². The number of carbonyl (C=O) groups is 1. The van der Waals surface area contributed by atoms with Crippen LogP contribution in [0.2, 0.25) is 0 Å². The van der Waals surface area contributed by atoms with Crippen LogP contribution in [-0.4, -0.2) is 5.91 Å². The lowest BCUT2D eigenvalue weighted by atomic mass is 10.1. The molecule has 1 amide bonds. The van der Waals surface area contributed by atoms with Gasteiger partial charge in [0.05, 0.1) is 0 Å². The topological polar surface area (TPSA) is 64.4 Å². The molecule has 0 bridgehead atoms. The first-order chi connectivity index (χ1) is 9.56. The lowest BCUT2D eigenvalue weighted by Crippen LogP contribution is -2.19. The van der Waals surface area contributed by atoms with E-state index in [0.29, 0.717) is 11.3 Å². The normalized spacial score (nSPS) is 16.8. The van der Waals surface area contributed by atoms with Crippen molar-refractivity contribution in [3.63, 3.8) is 0 Å². The van der Waals surface area contributed by atoms with Crippen molar-refractivity contribution >= 4 is 11.6 Å². The van der Waals surface area contributed by atoms with E-state index >= 15 is 0 Å². The Morgan fingerprint density at radius 2 is 2.00 bits per heavy atom. The van der Waals surface area contributed by atoms with Gasteiger partial charge in [-0.3, -0.25) is 4.79 Å². The van der Waals surface area contributed by atoms with E-state index in [-0.39, 0.29) is 17.4 Å². The SMILES string of the molecule is NC1C(=O)Nc2cc(Oc3cccc(F)c3F)ccc21. The van der Waals surface area contributed by atoms with E-state index in [0.717, 1.165) is 6.07 Å². The molecule has 4 nitrogen and oxygen atoms in total. The molecule has 0 fully saturated rings. The number of rotatable bonds is 2. The van der Waals surface area contributed by atoms with Gasteiger partial charge in [-0.05, 0) is 18.2 Å². The Morgan fingerprint density at radius 3 is 2.80 bits per heavy atom. The number of benzene rings is 2. The predicted octanol–water partition coefficient (Wildman–Crippen LogP) is 2.71. The van der Waals surface area contributed by atoms with Gasteiger partial charge in [0.1, 0.15) is 11.8 Å². The number of hydrogen-bond donors (Lipinski definition) is 2. The molecule has 0 aromatic heterocycles. The van der Waals surface area contributed by atoms with E-state index < -0.39 is 17.7 Å². The van der Waals surface area contributed by atoms with Crippen molar-refractivity contribution in [2.24, 2.45) is 5.73 Å². The molecule has 1 aliphatic rings. The molecule has 1 unspecified atom stereocenters. The molecule has 3 rings (SSSR count). The number of ether oxygens (including phenoxy) is 1. The molecule has 2 aromatic rings. The van der Waals surface area contributed by atoms with Gasteiger partial charge < -0.3 is 15.8 Å². The van der Waals surface area contributed by atoms with Crippen molar-refractivity contribution in [1.82, 2.24) is 0 Å². The third-order valence-electron chi connectivity index (χ3n) is 3.04. The Kier molecular flexibility index (Phi) is 2.87. The Bertz CT molecular complexity index is 704. The van der Waals surface area contributed by atoms with Crippen LogP contribution in [0.3, 0.4) is 0 Å². The molecule has 20 heavy (non-hydrogen) atoms. The van der Waals surface area contributed by atoms with Gasteiger partial charge in [-0.25, -0.2) is 4.39 Å². The number of fused-ring (bicyclic) bond motifs is 1. The zero-order valence-corrected chi connectivity index (χ0v) is 10.2. The largest absolute Gasteiger partial charge is 0.454 e. The molecule has 1 heterocycles. The smallest absolute Gasteiger partial charge is 0.245 e. The minimum atomic E-state index is -1.06. The third kappa shape index (κ3) is 2.00. The van der Waals surface area contributed by atoms with Crippen LogP contribution in [0.1, 0.15) is 11.6 Å². The summed E-state index contributed by atoms with van der Waals surface area (Å²) >= 11 is 0. The molecule has 0 saturated carbocycles. The maximum atomic E-state index is 13.5. The first-order valence-corrected chi connectivity index (χ1v) is 5.88. The Balaban J connectivity index is 1.92. The second-order valence-corrected chi connectivity index (χ2v) is 4.37. The van der Waals surface area contributed by atoms with Crippen LogP contribution in [0.25, 0.3) is 0 Å². The van der Waals surface area contributed by atoms with Gasteiger partial charge in [-0.2, -0.15) is 4.39 Å². The van der Waals surface area contributed by atoms with Crippen molar-refractivity contribution < 1.29 is 18.3 Å². The standard InChI is InChI=1S/C14H10F2N2O2/c15-9-2-1-3-11(12(9)16)20-7-4-5-8-10(6-7)18-14(19)13(8)17/h1-6,13H,17H2,(H,18,19). The zero-order valence-electron chi connectivity index (χ0n) is 10.2. The molecular weight excluding hydrogens is 266 g/mol. The van der Waals surface area contributed by atoms with Gasteiger partial charge >= 0.3 is 0 Å². The van der Waals surface area contributed by atoms with Crippen LogP contribution in [0.4, 0.5) is 14.5 Å². The van der Waals surface area contributed by atoms with Gasteiger partial charge in [-0.1, -0.05) is 12.1 Å². The summed E-state index contributed by atoms with van der Waals surface area (Å²) in [5.74, 6) is -2.30. The highest BCUT2D eigenvalue weighted by Crippen LogP contribution is 2.34. The summed E-state index contributed by atoms with van der Waals surface area (Å²) in [4.78, 5) is 11.4. The average molecular weight is 276 g/mol. The molecule has 3 N–H and O–H groups in total. The Hall–Kier alpha value is -2.47. The molecule has 0 saturated heterocycles. The molecule has 102 valence electrons. The summed E-state index contributed by atoms with van der Waals surface area (Å²) < 4.78 is 31.8. The first kappa shape index (κ1) is 12.6. The molecule has 0 radical (unpaired) electrons. The number of anilines is 1. The molecule has 0 aliphatic carbocycles. The van der Waals surface area contributed by atoms with E-state index in [1.807, 2.05) is 0 Å². The molecule has 0 spiro atoms. The van der Waals surface area contributed by atoms with E-state index in [1.54, 1.807) is 12.1 Å². The van der Waals surface area contributed by atoms with Crippen LogP contribution in [0.15, 0.2) is 36.4 Å². The second kappa shape index (κ2) is 4.57. The van der Waals surface area contributed by atoms with Gasteiger partial charge in [0, 0.05) is 17.3 Å². The minimum absolute atomic E-state index is 0.224. The van der Waals surface area contributed by atoms with Gasteiger partial charge in [0.2, 0.25) is 11.7 Å². The summed E-state index contributed by atoms with van der Waals surface area (Å²) in [7, 11) is 0. The van der Waals surface area contributed by atoms with Crippen LogP contribution in [0.5, 0.6) is 11.5 Å². The molecule has 1 atom stereocenters. The number of hydrogen-bond acceptors (Lipinski definition) is 3. The lowest BCUT2D eigenvalue weighted by molar-refractivity contribution is -0.116. The van der Waals surface area contributed by atoms with Crippen LogP contribution in [0, 0.1) is 11.6 Å². The predicted molar refractivity (Wildman–Crippen MR) is 68.4 cm³/mol. The van der Waals surface area contributed by atoms with E-state index in [1.165, 1.54) is 18.2 Å². The molecular formula is C14H10F2N2O2. The number of nitrogens with one attached hydrogen (secondary N) is 1. The highest BCUT2D eigenvalue weighted by molar-refractivity contribution is 6.02. The van der Waals surface area contributed by atoms with Crippen molar-refractivity contribution in [2.45, 2.75) is 6.04 Å². The quantitative estimate of drug-likeness (QED) is 0.886. The monoisotopic (exact) mass is 276 g/mol. The summed E-state index contributed by atoms with van der Waals surface area (Å²) in [6.07, 6.45) is 0. The van der Waals surface area contributed by atoms with E-state index in [4.69, 9.17) is 10.5 Å². The summed E-state index contributed by atoms with van der Waals surface area (Å²) in [5.41, 5.74) is 6.83. The Labute approximate surface area is 113 Å². The van der Waals surface area contributed by atoms with Crippen molar-refractivity contribution in [3.8, 4) is 11.5 Å². The van der Waals surface area contributed by atoms with Crippen LogP contribution < -0.4 is 15.8 Å².